The molecule has 0 radical (unpaired) electrons. The summed E-state index contributed by atoms with van der Waals surface area (Å²) >= 11 is 1.20. The van der Waals surface area contributed by atoms with Gasteiger partial charge in [-0.05, 0) is 6.07 Å². The third-order valence-corrected chi connectivity index (χ3v) is 6.25. The summed E-state index contributed by atoms with van der Waals surface area (Å²) in [6.45, 7) is -0.378. The van der Waals surface area contributed by atoms with Crippen LogP contribution < -0.4 is 10.6 Å². The van der Waals surface area contributed by atoms with E-state index in [0.29, 0.717) is 10.8 Å². The average molecular weight is 519 g/mol. The van der Waals surface area contributed by atoms with Crippen LogP contribution in [0.4, 0.5) is 5.13 Å². The summed E-state index contributed by atoms with van der Waals surface area (Å²) in [5.74, 6) is -2.46. The fourth-order valence-corrected chi connectivity index (χ4v) is 4.12. The van der Waals surface area contributed by atoms with Crippen LogP contribution in [0.3, 0.4) is 0 Å². The lowest BCUT2D eigenvalue weighted by atomic mass is 10.2. The molecule has 35 heavy (non-hydrogen) atoms. The second-order valence-corrected chi connectivity index (χ2v) is 9.94. The summed E-state index contributed by atoms with van der Waals surface area (Å²) in [6.07, 6.45) is 5.47. The fourth-order valence-electron chi connectivity index (χ4n) is 2.81. The monoisotopic (exact) mass is 518 g/mol. The Morgan fingerprint density at radius 2 is 1.97 bits per heavy atom. The van der Waals surface area contributed by atoms with Crippen molar-refractivity contribution in [2.24, 2.45) is 0 Å². The zero-order valence-electron chi connectivity index (χ0n) is 18.5. The van der Waals surface area contributed by atoms with Crippen molar-refractivity contribution in [1.82, 2.24) is 14.3 Å². The number of ether oxygens (including phenoxy) is 1. The molecular weight excluding hydrogens is 496 g/mol. The molecule has 1 aromatic carbocycles. The molecule has 0 spiro atoms. The molecule has 2 amide bonds. The number of amides is 2. The van der Waals surface area contributed by atoms with Crippen molar-refractivity contribution in [2.75, 3.05) is 24.8 Å². The van der Waals surface area contributed by atoms with Crippen molar-refractivity contribution in [1.29, 1.82) is 0 Å². The van der Waals surface area contributed by atoms with Gasteiger partial charge in [0.2, 0.25) is 10.0 Å². The van der Waals surface area contributed by atoms with Gasteiger partial charge in [0, 0.05) is 29.4 Å². The number of carbonyl (C=O) groups excluding carboxylic acids is 2. The van der Waals surface area contributed by atoms with Gasteiger partial charge < -0.3 is 20.5 Å². The Labute approximate surface area is 205 Å². The van der Waals surface area contributed by atoms with Crippen molar-refractivity contribution in [3.8, 4) is 11.3 Å². The highest BCUT2D eigenvalue weighted by molar-refractivity contribution is 7.89. The first-order valence-corrected chi connectivity index (χ1v) is 12.8. The van der Waals surface area contributed by atoms with Gasteiger partial charge in [0.05, 0.1) is 30.7 Å². The van der Waals surface area contributed by atoms with Crippen LogP contribution in [0.2, 0.25) is 0 Å². The standard InChI is InChI=1S/C22H22N4O7S2/c1-35(31,32)26-10-9-16(12-26)20(29)23-17(13-33-11-5-8-19(27)28)21(30)25-22-24-18(14-34-22)15-6-3-2-4-7-15/h2-10,12,14,17H,11,13H2,1H3,(H,23,29)(H,27,28)(H,24,25,30)/b8-5+/t17-/m0/s1. The predicted molar refractivity (Wildman–Crippen MR) is 130 cm³/mol. The predicted octanol–water partition coefficient (Wildman–Crippen LogP) is 1.81. The molecule has 0 fully saturated rings. The Balaban J connectivity index is 1.71. The smallest absolute Gasteiger partial charge is 0.328 e. The van der Waals surface area contributed by atoms with Crippen LogP contribution in [-0.2, 0) is 24.3 Å². The van der Waals surface area contributed by atoms with E-state index in [-0.39, 0.29) is 18.8 Å². The number of hydrogen-bond donors (Lipinski definition) is 3. The van der Waals surface area contributed by atoms with E-state index >= 15 is 0 Å². The van der Waals surface area contributed by atoms with Crippen LogP contribution in [0.1, 0.15) is 10.4 Å². The van der Waals surface area contributed by atoms with Crippen molar-refractivity contribution in [2.45, 2.75) is 6.04 Å². The molecule has 3 N–H and O–H groups in total. The summed E-state index contributed by atoms with van der Waals surface area (Å²) in [7, 11) is -3.58. The number of anilines is 1. The van der Waals surface area contributed by atoms with Gasteiger partial charge in [-0.25, -0.2) is 18.2 Å². The van der Waals surface area contributed by atoms with Gasteiger partial charge in [0.1, 0.15) is 6.04 Å². The molecule has 0 unspecified atom stereocenters. The molecule has 0 aliphatic heterocycles. The first kappa shape index (κ1) is 25.8. The summed E-state index contributed by atoms with van der Waals surface area (Å²) < 4.78 is 29.5. The lowest BCUT2D eigenvalue weighted by Crippen LogP contribution is -2.46. The zero-order valence-corrected chi connectivity index (χ0v) is 20.1. The number of carboxylic acids is 1. The maximum atomic E-state index is 12.9. The van der Waals surface area contributed by atoms with E-state index in [0.717, 1.165) is 28.1 Å². The number of thiazole rings is 1. The van der Waals surface area contributed by atoms with Crippen molar-refractivity contribution in [3.05, 3.63) is 71.9 Å². The second kappa shape index (κ2) is 11.6. The number of aromatic nitrogens is 2. The van der Waals surface area contributed by atoms with Crippen LogP contribution >= 0.6 is 11.3 Å². The van der Waals surface area contributed by atoms with Crippen molar-refractivity contribution >= 4 is 44.3 Å². The molecular formula is C22H22N4O7S2. The Bertz CT molecular complexity index is 1330. The Hall–Kier alpha value is -3.81. The molecule has 2 heterocycles. The van der Waals surface area contributed by atoms with Crippen LogP contribution in [0.5, 0.6) is 0 Å². The minimum Gasteiger partial charge on any atom is -0.478 e. The Kier molecular flexibility index (Phi) is 8.52. The Morgan fingerprint density at radius 3 is 2.63 bits per heavy atom. The van der Waals surface area contributed by atoms with E-state index in [1.54, 1.807) is 5.38 Å². The van der Waals surface area contributed by atoms with Gasteiger partial charge in [-0.2, -0.15) is 0 Å². The summed E-state index contributed by atoms with van der Waals surface area (Å²) in [6, 6.07) is 9.50. The quantitative estimate of drug-likeness (QED) is 0.256. The minimum absolute atomic E-state index is 0.0274. The van der Waals surface area contributed by atoms with Crippen molar-refractivity contribution in [3.63, 3.8) is 0 Å². The van der Waals surface area contributed by atoms with Crippen molar-refractivity contribution < 1.29 is 32.6 Å². The van der Waals surface area contributed by atoms with Crippen LogP contribution in [0.25, 0.3) is 11.3 Å². The summed E-state index contributed by atoms with van der Waals surface area (Å²) in [5, 5.41) is 15.9. The van der Waals surface area contributed by atoms with E-state index in [1.165, 1.54) is 29.7 Å². The molecule has 3 rings (SSSR count). The first-order valence-electron chi connectivity index (χ1n) is 10.1. The van der Waals surface area contributed by atoms with Gasteiger partial charge in [-0.3, -0.25) is 13.6 Å². The normalized spacial score (nSPS) is 12.4. The van der Waals surface area contributed by atoms with Crippen LogP contribution in [0, 0.1) is 0 Å². The number of carbonyl (C=O) groups is 3. The highest BCUT2D eigenvalue weighted by Crippen LogP contribution is 2.24. The highest BCUT2D eigenvalue weighted by Gasteiger charge is 2.24. The fraction of sp³-hybridized carbons (Fsp3) is 0.182. The number of rotatable bonds is 11. The second-order valence-electron chi connectivity index (χ2n) is 7.19. The lowest BCUT2D eigenvalue weighted by Gasteiger charge is -2.17. The molecule has 2 aromatic heterocycles. The molecule has 1 atom stereocenters. The number of hydrogen-bond acceptors (Lipinski definition) is 8. The van der Waals surface area contributed by atoms with Crippen LogP contribution in [0.15, 0.2) is 66.3 Å². The largest absolute Gasteiger partial charge is 0.478 e. The summed E-state index contributed by atoms with van der Waals surface area (Å²) in [5.41, 5.74) is 1.57. The zero-order chi connectivity index (χ0) is 25.4. The Morgan fingerprint density at radius 1 is 1.23 bits per heavy atom. The number of carboxylic acid groups (broad SMARTS) is 1. The summed E-state index contributed by atoms with van der Waals surface area (Å²) in [4.78, 5) is 40.5. The lowest BCUT2D eigenvalue weighted by molar-refractivity contribution is -0.131. The molecule has 0 aliphatic rings. The maximum Gasteiger partial charge on any atom is 0.328 e. The number of nitrogens with zero attached hydrogens (tertiary/aromatic N) is 2. The molecule has 0 saturated heterocycles. The maximum absolute atomic E-state index is 12.9. The molecule has 13 heteroatoms. The number of aliphatic carboxylic acids is 1. The van der Waals surface area contributed by atoms with Gasteiger partial charge in [-0.15, -0.1) is 11.3 Å². The number of nitrogens with one attached hydrogen (secondary N) is 2. The molecule has 184 valence electrons. The first-order chi connectivity index (χ1) is 16.6. The third kappa shape index (κ3) is 7.60. The van der Waals surface area contributed by atoms with E-state index < -0.39 is 33.8 Å². The van der Waals surface area contributed by atoms with Gasteiger partial charge >= 0.3 is 5.97 Å². The van der Waals surface area contributed by atoms with Gasteiger partial charge in [0.15, 0.2) is 5.13 Å². The highest BCUT2D eigenvalue weighted by atomic mass is 32.2. The third-order valence-electron chi connectivity index (χ3n) is 4.50. The molecule has 0 aliphatic carbocycles. The number of benzene rings is 1. The average Bonchev–Trinajstić information content (AvgIpc) is 3.48. The molecule has 3 aromatic rings. The van der Waals surface area contributed by atoms with E-state index in [4.69, 9.17) is 9.84 Å². The molecule has 11 nitrogen and oxygen atoms in total. The van der Waals surface area contributed by atoms with E-state index in [9.17, 15) is 22.8 Å². The molecule has 0 saturated carbocycles. The topological polar surface area (TPSA) is 157 Å². The van der Waals surface area contributed by atoms with Gasteiger partial charge in [-0.1, -0.05) is 36.4 Å². The SMILES string of the molecule is CS(=O)(=O)n1ccc(C(=O)N[C@@H](COC/C=C/C(=O)O)C(=O)Nc2nc(-c3ccccc3)cs2)c1. The minimum atomic E-state index is -3.58. The molecule has 0 bridgehead atoms. The van der Waals surface area contributed by atoms with Gasteiger partial charge in [0.25, 0.3) is 11.8 Å². The van der Waals surface area contributed by atoms with Crippen LogP contribution in [-0.4, -0.2) is 65.8 Å². The van der Waals surface area contributed by atoms with E-state index in [1.807, 2.05) is 30.3 Å². The van der Waals surface area contributed by atoms with E-state index in [2.05, 4.69) is 15.6 Å².